The van der Waals surface area contributed by atoms with Crippen molar-refractivity contribution in [3.63, 3.8) is 0 Å². The molecule has 0 aliphatic rings. The lowest BCUT2D eigenvalue weighted by atomic mass is 10.1. The van der Waals surface area contributed by atoms with Crippen LogP contribution >= 0.6 is 0 Å². The summed E-state index contributed by atoms with van der Waals surface area (Å²) in [5.74, 6) is 0.303. The highest BCUT2D eigenvalue weighted by molar-refractivity contribution is 6.03. The van der Waals surface area contributed by atoms with Crippen LogP contribution in [0.25, 0.3) is 10.8 Å². The maximum absolute atomic E-state index is 12.4. The molecule has 1 heterocycles. The number of benzene rings is 3. The Kier molecular flexibility index (Phi) is 5.75. The van der Waals surface area contributed by atoms with E-state index in [1.54, 1.807) is 36.6 Å². The average molecular weight is 399 g/mol. The van der Waals surface area contributed by atoms with Gasteiger partial charge in [-0.2, -0.15) is 0 Å². The molecule has 0 atom stereocenters. The molecule has 6 heteroatoms. The quantitative estimate of drug-likeness (QED) is 0.430. The van der Waals surface area contributed by atoms with Gasteiger partial charge in [0.15, 0.2) is 0 Å². The molecule has 30 heavy (non-hydrogen) atoms. The third-order valence-electron chi connectivity index (χ3n) is 4.64. The number of carbonyl (C=O) groups is 2. The lowest BCUT2D eigenvalue weighted by Gasteiger charge is -2.11. The zero-order valence-electron chi connectivity index (χ0n) is 16.2. The lowest BCUT2D eigenvalue weighted by Crippen LogP contribution is -2.23. The molecule has 0 fully saturated rings. The zero-order chi connectivity index (χ0) is 20.8. The summed E-state index contributed by atoms with van der Waals surface area (Å²) in [5, 5.41) is 10.9. The second-order valence-corrected chi connectivity index (χ2v) is 6.77. The molecule has 0 saturated carbocycles. The van der Waals surface area contributed by atoms with Crippen molar-refractivity contribution in [2.45, 2.75) is 6.54 Å². The van der Waals surface area contributed by atoms with Gasteiger partial charge in [-0.3, -0.25) is 9.59 Å². The Morgan fingerprint density at radius 1 is 0.867 bits per heavy atom. The van der Waals surface area contributed by atoms with Crippen molar-refractivity contribution in [2.24, 2.45) is 0 Å². The van der Waals surface area contributed by atoms with Gasteiger partial charge in [-0.15, -0.1) is 0 Å². The fourth-order valence-corrected chi connectivity index (χ4v) is 3.16. The van der Waals surface area contributed by atoms with Gasteiger partial charge in [-0.25, -0.2) is 0 Å². The third-order valence-corrected chi connectivity index (χ3v) is 4.64. The summed E-state index contributed by atoms with van der Waals surface area (Å²) in [5.41, 5.74) is 1.96. The first kappa shape index (κ1) is 19.3. The van der Waals surface area contributed by atoms with Crippen molar-refractivity contribution in [1.29, 1.82) is 0 Å². The Balaban J connectivity index is 1.35. The normalized spacial score (nSPS) is 10.5. The number of carbonyl (C=O) groups excluding carboxylic acids is 2. The molecule has 4 rings (SSSR count). The standard InChI is InChI=1S/C24H21N3O3/c28-23(27-22-12-4-7-17-6-1-2-11-21(17)22)16-25-19-9-3-8-18(14-19)24(29)26-15-20-10-5-13-30-20/h1-14,25H,15-16H2,(H,26,29)(H,27,28). The number of hydrogen-bond acceptors (Lipinski definition) is 4. The van der Waals surface area contributed by atoms with E-state index in [4.69, 9.17) is 4.42 Å². The van der Waals surface area contributed by atoms with Gasteiger partial charge in [0.05, 0.1) is 19.4 Å². The lowest BCUT2D eigenvalue weighted by molar-refractivity contribution is -0.114. The van der Waals surface area contributed by atoms with Crippen molar-refractivity contribution in [1.82, 2.24) is 5.32 Å². The molecule has 0 aliphatic carbocycles. The van der Waals surface area contributed by atoms with Gasteiger partial charge in [0, 0.05) is 22.3 Å². The van der Waals surface area contributed by atoms with Crippen molar-refractivity contribution in [3.8, 4) is 0 Å². The maximum Gasteiger partial charge on any atom is 0.251 e. The number of rotatable bonds is 7. The molecule has 6 nitrogen and oxygen atoms in total. The van der Waals surface area contributed by atoms with Gasteiger partial charge in [-0.1, -0.05) is 42.5 Å². The van der Waals surface area contributed by atoms with Gasteiger partial charge in [-0.05, 0) is 41.8 Å². The summed E-state index contributed by atoms with van der Waals surface area (Å²) in [6.45, 7) is 0.400. The van der Waals surface area contributed by atoms with Gasteiger partial charge in [0.25, 0.3) is 5.91 Å². The number of furan rings is 1. The van der Waals surface area contributed by atoms with Crippen LogP contribution in [0.4, 0.5) is 11.4 Å². The molecule has 0 radical (unpaired) electrons. The van der Waals surface area contributed by atoms with Crippen LogP contribution in [-0.4, -0.2) is 18.4 Å². The first-order chi connectivity index (χ1) is 14.7. The molecule has 0 spiro atoms. The van der Waals surface area contributed by atoms with Crippen LogP contribution in [0.5, 0.6) is 0 Å². The van der Waals surface area contributed by atoms with Crippen molar-refractivity contribution in [2.75, 3.05) is 17.2 Å². The average Bonchev–Trinajstić information content (AvgIpc) is 3.30. The van der Waals surface area contributed by atoms with Crippen LogP contribution < -0.4 is 16.0 Å². The minimum atomic E-state index is -0.213. The van der Waals surface area contributed by atoms with E-state index >= 15 is 0 Å². The van der Waals surface area contributed by atoms with E-state index in [2.05, 4.69) is 16.0 Å². The number of nitrogens with one attached hydrogen (secondary N) is 3. The minimum absolute atomic E-state index is 0.0840. The summed E-state index contributed by atoms with van der Waals surface area (Å²) < 4.78 is 5.21. The van der Waals surface area contributed by atoms with Crippen molar-refractivity contribution >= 4 is 34.0 Å². The Morgan fingerprint density at radius 2 is 1.70 bits per heavy atom. The molecule has 3 aromatic carbocycles. The fourth-order valence-electron chi connectivity index (χ4n) is 3.16. The van der Waals surface area contributed by atoms with E-state index in [1.165, 1.54) is 0 Å². The Hall–Kier alpha value is -4.06. The van der Waals surface area contributed by atoms with E-state index < -0.39 is 0 Å². The molecule has 1 aromatic heterocycles. The number of hydrogen-bond donors (Lipinski definition) is 3. The second kappa shape index (κ2) is 8.96. The molecule has 0 bridgehead atoms. The van der Waals surface area contributed by atoms with E-state index in [-0.39, 0.29) is 18.4 Å². The molecule has 0 saturated heterocycles. The van der Waals surface area contributed by atoms with E-state index in [1.807, 2.05) is 48.5 Å². The van der Waals surface area contributed by atoms with Crippen molar-refractivity contribution < 1.29 is 14.0 Å². The van der Waals surface area contributed by atoms with E-state index in [0.717, 1.165) is 16.5 Å². The molecule has 4 aromatic rings. The van der Waals surface area contributed by atoms with E-state index in [0.29, 0.717) is 23.6 Å². The molecular weight excluding hydrogens is 378 g/mol. The van der Waals surface area contributed by atoms with Crippen LogP contribution in [0, 0.1) is 0 Å². The van der Waals surface area contributed by atoms with Crippen LogP contribution in [-0.2, 0) is 11.3 Å². The zero-order valence-corrected chi connectivity index (χ0v) is 16.2. The molecule has 150 valence electrons. The van der Waals surface area contributed by atoms with Gasteiger partial charge >= 0.3 is 0 Å². The van der Waals surface area contributed by atoms with Gasteiger partial charge in [0.2, 0.25) is 5.91 Å². The molecule has 0 unspecified atom stereocenters. The molecular formula is C24H21N3O3. The molecule has 2 amide bonds. The number of amides is 2. The van der Waals surface area contributed by atoms with Crippen LogP contribution in [0.1, 0.15) is 16.1 Å². The van der Waals surface area contributed by atoms with Crippen molar-refractivity contribution in [3.05, 3.63) is 96.4 Å². The summed E-state index contributed by atoms with van der Waals surface area (Å²) in [4.78, 5) is 24.8. The smallest absolute Gasteiger partial charge is 0.251 e. The third kappa shape index (κ3) is 4.67. The number of anilines is 2. The van der Waals surface area contributed by atoms with E-state index in [9.17, 15) is 9.59 Å². The first-order valence-corrected chi connectivity index (χ1v) is 9.61. The largest absolute Gasteiger partial charge is 0.467 e. The summed E-state index contributed by atoms with van der Waals surface area (Å²) in [6, 6.07) is 24.3. The summed E-state index contributed by atoms with van der Waals surface area (Å²) >= 11 is 0. The maximum atomic E-state index is 12.4. The summed E-state index contributed by atoms with van der Waals surface area (Å²) in [7, 11) is 0. The predicted octanol–water partition coefficient (Wildman–Crippen LogP) is 4.41. The Labute approximate surface area is 173 Å². The highest BCUT2D eigenvalue weighted by atomic mass is 16.3. The van der Waals surface area contributed by atoms with Crippen LogP contribution in [0.15, 0.2) is 89.5 Å². The predicted molar refractivity (Wildman–Crippen MR) is 117 cm³/mol. The topological polar surface area (TPSA) is 83.4 Å². The second-order valence-electron chi connectivity index (χ2n) is 6.77. The minimum Gasteiger partial charge on any atom is -0.467 e. The van der Waals surface area contributed by atoms with Crippen LogP contribution in [0.2, 0.25) is 0 Å². The Morgan fingerprint density at radius 3 is 2.57 bits per heavy atom. The highest BCUT2D eigenvalue weighted by Gasteiger charge is 2.09. The number of fused-ring (bicyclic) bond motifs is 1. The van der Waals surface area contributed by atoms with Gasteiger partial charge < -0.3 is 20.4 Å². The summed E-state index contributed by atoms with van der Waals surface area (Å²) in [6.07, 6.45) is 1.56. The Bertz CT molecular complexity index is 1160. The SMILES string of the molecule is O=C(CNc1cccc(C(=O)NCc2ccco2)c1)Nc1cccc2ccccc12. The van der Waals surface area contributed by atoms with Crippen LogP contribution in [0.3, 0.4) is 0 Å². The highest BCUT2D eigenvalue weighted by Crippen LogP contribution is 2.22. The monoisotopic (exact) mass is 399 g/mol. The fraction of sp³-hybridized carbons (Fsp3) is 0.0833. The molecule has 0 aliphatic heterocycles. The van der Waals surface area contributed by atoms with Gasteiger partial charge in [0.1, 0.15) is 5.76 Å². The molecule has 3 N–H and O–H groups in total. The first-order valence-electron chi connectivity index (χ1n) is 9.61.